The van der Waals surface area contributed by atoms with Gasteiger partial charge in [0.1, 0.15) is 12.4 Å². The highest BCUT2D eigenvalue weighted by Gasteiger charge is 2.18. The zero-order chi connectivity index (χ0) is 17.8. The molecule has 1 atom stereocenters. The van der Waals surface area contributed by atoms with Crippen molar-refractivity contribution in [2.24, 2.45) is 0 Å². The first-order chi connectivity index (χ1) is 12.0. The van der Waals surface area contributed by atoms with Gasteiger partial charge in [0.25, 0.3) is 0 Å². The minimum absolute atomic E-state index is 0.198. The van der Waals surface area contributed by atoms with Crippen LogP contribution in [0.4, 0.5) is 5.82 Å². The highest BCUT2D eigenvalue weighted by Crippen LogP contribution is 2.31. The lowest BCUT2D eigenvalue weighted by molar-refractivity contribution is 0.0673. The minimum atomic E-state index is 0.198. The van der Waals surface area contributed by atoms with Crippen molar-refractivity contribution in [1.29, 1.82) is 0 Å². The van der Waals surface area contributed by atoms with Crippen molar-refractivity contribution >= 4 is 21.7 Å². The summed E-state index contributed by atoms with van der Waals surface area (Å²) in [5.74, 6) is 1.73. The van der Waals surface area contributed by atoms with Crippen molar-refractivity contribution in [1.82, 2.24) is 10.2 Å². The topological polar surface area (TPSA) is 47.5 Å². The van der Waals surface area contributed by atoms with E-state index in [4.69, 9.17) is 9.47 Å². The van der Waals surface area contributed by atoms with Crippen LogP contribution >= 0.6 is 15.9 Å². The number of benzene rings is 1. The molecule has 1 unspecified atom stereocenters. The largest absolute Gasteiger partial charge is 0.489 e. The van der Waals surface area contributed by atoms with Gasteiger partial charge in [0, 0.05) is 25.8 Å². The van der Waals surface area contributed by atoms with Gasteiger partial charge in [0.15, 0.2) is 5.82 Å². The monoisotopic (exact) mass is 405 g/mol. The second-order valence-electron chi connectivity index (χ2n) is 6.50. The summed E-state index contributed by atoms with van der Waals surface area (Å²) in [4.78, 5) is 2.08. The summed E-state index contributed by atoms with van der Waals surface area (Å²) in [6.45, 7) is 6.14. The zero-order valence-electron chi connectivity index (χ0n) is 15.0. The van der Waals surface area contributed by atoms with Crippen LogP contribution in [0.1, 0.15) is 29.7 Å². The molecule has 0 bridgehead atoms. The summed E-state index contributed by atoms with van der Waals surface area (Å²) < 4.78 is 12.7. The molecule has 0 spiro atoms. The first kappa shape index (κ1) is 18.1. The Morgan fingerprint density at radius 1 is 1.32 bits per heavy atom. The van der Waals surface area contributed by atoms with Gasteiger partial charge in [-0.1, -0.05) is 12.1 Å². The molecule has 1 fully saturated rings. The summed E-state index contributed by atoms with van der Waals surface area (Å²) in [6.07, 6.45) is 2.38. The molecule has 1 saturated heterocycles. The molecule has 0 saturated carbocycles. The van der Waals surface area contributed by atoms with Crippen LogP contribution in [-0.2, 0) is 11.3 Å². The van der Waals surface area contributed by atoms with Gasteiger partial charge in [-0.25, -0.2) is 0 Å². The molecule has 0 N–H and O–H groups in total. The van der Waals surface area contributed by atoms with Crippen LogP contribution in [0.15, 0.2) is 28.7 Å². The second kappa shape index (κ2) is 8.15. The summed E-state index contributed by atoms with van der Waals surface area (Å²) in [5, 5.41) is 8.52. The molecule has 5 nitrogen and oxygen atoms in total. The Hall–Kier alpha value is -1.66. The summed E-state index contributed by atoms with van der Waals surface area (Å²) in [7, 11) is 2.02. The Bertz CT molecular complexity index is 733. The van der Waals surface area contributed by atoms with E-state index in [0.29, 0.717) is 13.2 Å². The molecular formula is C19H24BrN3O2. The SMILES string of the molecule is Cc1cc(N(C)Cc2cccc(Br)c2OCC2CCCO2)nnc1C. The molecule has 25 heavy (non-hydrogen) atoms. The summed E-state index contributed by atoms with van der Waals surface area (Å²) in [5.41, 5.74) is 3.20. The predicted molar refractivity (Wildman–Crippen MR) is 102 cm³/mol. The Balaban J connectivity index is 1.74. The number of aromatic nitrogens is 2. The standard InChI is InChI=1S/C19H24BrN3O2/c1-13-10-18(22-21-14(13)2)23(3)11-15-6-4-8-17(20)19(15)25-12-16-7-5-9-24-16/h4,6,8,10,16H,5,7,9,11-12H2,1-3H3. The number of halogens is 1. The van der Waals surface area contributed by atoms with Crippen LogP contribution in [0.5, 0.6) is 5.75 Å². The first-order valence-electron chi connectivity index (χ1n) is 8.58. The lowest BCUT2D eigenvalue weighted by Gasteiger charge is -2.21. The van der Waals surface area contributed by atoms with E-state index in [-0.39, 0.29) is 6.10 Å². The molecule has 2 aromatic rings. The van der Waals surface area contributed by atoms with Gasteiger partial charge in [0.2, 0.25) is 0 Å². The van der Waals surface area contributed by atoms with Crippen molar-refractivity contribution < 1.29 is 9.47 Å². The molecule has 6 heteroatoms. The normalized spacial score (nSPS) is 16.9. The molecule has 3 rings (SSSR count). The average Bonchev–Trinajstić information content (AvgIpc) is 3.10. The van der Waals surface area contributed by atoms with Crippen molar-refractivity contribution in [3.8, 4) is 5.75 Å². The molecule has 0 aliphatic carbocycles. The van der Waals surface area contributed by atoms with Gasteiger partial charge in [-0.2, -0.15) is 5.10 Å². The van der Waals surface area contributed by atoms with Crippen LogP contribution in [0.3, 0.4) is 0 Å². The first-order valence-corrected chi connectivity index (χ1v) is 9.37. The fourth-order valence-electron chi connectivity index (χ4n) is 2.85. The average molecular weight is 406 g/mol. The molecule has 0 radical (unpaired) electrons. The Kier molecular flexibility index (Phi) is 5.91. The number of anilines is 1. The van der Waals surface area contributed by atoms with E-state index in [0.717, 1.165) is 52.3 Å². The molecule has 0 amide bonds. The lowest BCUT2D eigenvalue weighted by Crippen LogP contribution is -2.21. The third kappa shape index (κ3) is 4.50. The molecular weight excluding hydrogens is 382 g/mol. The smallest absolute Gasteiger partial charge is 0.151 e. The maximum absolute atomic E-state index is 6.10. The van der Waals surface area contributed by atoms with Gasteiger partial charge in [-0.05, 0) is 60.3 Å². The van der Waals surface area contributed by atoms with Crippen LogP contribution in [0.2, 0.25) is 0 Å². The maximum atomic E-state index is 6.10. The van der Waals surface area contributed by atoms with Crippen molar-refractivity contribution in [3.05, 3.63) is 45.6 Å². The maximum Gasteiger partial charge on any atom is 0.151 e. The number of hydrogen-bond acceptors (Lipinski definition) is 5. The molecule has 1 aliphatic rings. The number of ether oxygens (including phenoxy) is 2. The Labute approximate surface area is 157 Å². The van der Waals surface area contributed by atoms with E-state index < -0.39 is 0 Å². The van der Waals surface area contributed by atoms with Crippen LogP contribution in [-0.4, -0.2) is 36.6 Å². The molecule has 1 aromatic heterocycles. The number of rotatable bonds is 6. The third-order valence-corrected chi connectivity index (χ3v) is 5.13. The fraction of sp³-hybridized carbons (Fsp3) is 0.474. The molecule has 134 valence electrons. The van der Waals surface area contributed by atoms with Crippen LogP contribution in [0.25, 0.3) is 0 Å². The van der Waals surface area contributed by atoms with E-state index in [1.807, 2.05) is 26.1 Å². The fourth-order valence-corrected chi connectivity index (χ4v) is 3.37. The predicted octanol–water partition coefficient (Wildman–Crippen LogP) is 4.05. The summed E-state index contributed by atoms with van der Waals surface area (Å²) >= 11 is 3.61. The molecule has 1 aliphatic heterocycles. The van der Waals surface area contributed by atoms with Gasteiger partial charge in [-0.3, -0.25) is 0 Å². The minimum Gasteiger partial charge on any atom is -0.489 e. The third-order valence-electron chi connectivity index (χ3n) is 4.50. The van der Waals surface area contributed by atoms with Crippen molar-refractivity contribution in [2.75, 3.05) is 25.2 Å². The van der Waals surface area contributed by atoms with E-state index in [9.17, 15) is 0 Å². The number of nitrogens with zero attached hydrogens (tertiary/aromatic N) is 3. The van der Waals surface area contributed by atoms with Crippen LogP contribution in [0, 0.1) is 13.8 Å². The molecule has 1 aromatic carbocycles. The number of hydrogen-bond donors (Lipinski definition) is 0. The highest BCUT2D eigenvalue weighted by molar-refractivity contribution is 9.10. The second-order valence-corrected chi connectivity index (χ2v) is 7.36. The van der Waals surface area contributed by atoms with Crippen molar-refractivity contribution in [3.63, 3.8) is 0 Å². The quantitative estimate of drug-likeness (QED) is 0.725. The van der Waals surface area contributed by atoms with E-state index in [2.05, 4.69) is 50.1 Å². The molecule has 2 heterocycles. The van der Waals surface area contributed by atoms with E-state index in [1.54, 1.807) is 0 Å². The van der Waals surface area contributed by atoms with Gasteiger partial charge >= 0.3 is 0 Å². The van der Waals surface area contributed by atoms with Gasteiger partial charge in [-0.15, -0.1) is 5.10 Å². The van der Waals surface area contributed by atoms with Gasteiger partial charge in [0.05, 0.1) is 16.3 Å². The lowest BCUT2D eigenvalue weighted by atomic mass is 10.2. The van der Waals surface area contributed by atoms with Crippen LogP contribution < -0.4 is 9.64 Å². The van der Waals surface area contributed by atoms with E-state index in [1.165, 1.54) is 0 Å². The Morgan fingerprint density at radius 2 is 2.16 bits per heavy atom. The number of aryl methyl sites for hydroxylation is 2. The van der Waals surface area contributed by atoms with E-state index >= 15 is 0 Å². The Morgan fingerprint density at radius 3 is 2.88 bits per heavy atom. The summed E-state index contributed by atoms with van der Waals surface area (Å²) in [6, 6.07) is 8.18. The zero-order valence-corrected chi connectivity index (χ0v) is 16.5. The van der Waals surface area contributed by atoms with Crippen molar-refractivity contribution in [2.45, 2.75) is 39.3 Å². The number of para-hydroxylation sites is 1. The van der Waals surface area contributed by atoms with Gasteiger partial charge < -0.3 is 14.4 Å². The highest BCUT2D eigenvalue weighted by atomic mass is 79.9.